The lowest BCUT2D eigenvalue weighted by Gasteiger charge is -2.21. The van der Waals surface area contributed by atoms with Crippen LogP contribution < -0.4 is 4.74 Å². The molecule has 1 aliphatic heterocycles. The molecule has 2 atom stereocenters. The monoisotopic (exact) mass is 288 g/mol. The van der Waals surface area contributed by atoms with E-state index in [-0.39, 0.29) is 0 Å². The average molecular weight is 288 g/mol. The van der Waals surface area contributed by atoms with Gasteiger partial charge in [-0.1, -0.05) is 23.9 Å². The molecule has 3 nitrogen and oxygen atoms in total. The molecule has 0 aliphatic carbocycles. The van der Waals surface area contributed by atoms with E-state index in [0.29, 0.717) is 0 Å². The number of hydrogen-bond donors (Lipinski definition) is 2. The van der Waals surface area contributed by atoms with Gasteiger partial charge in [0, 0.05) is 0 Å². The second-order valence-corrected chi connectivity index (χ2v) is 6.05. The summed E-state index contributed by atoms with van der Waals surface area (Å²) in [6.45, 7) is 3.49. The van der Waals surface area contributed by atoms with Gasteiger partial charge in [0.25, 0.3) is 0 Å². The summed E-state index contributed by atoms with van der Waals surface area (Å²) < 4.78 is 5.86. The predicted molar refractivity (Wildman–Crippen MR) is 78.3 cm³/mol. The first-order valence-corrected chi connectivity index (χ1v) is 7.36. The van der Waals surface area contributed by atoms with Crippen LogP contribution >= 0.6 is 11.8 Å². The molecular formula is C16H16O3S. The molecule has 0 amide bonds. The molecule has 0 aromatic heterocycles. The minimum Gasteiger partial charge on any atom is -0.455 e. The lowest BCUT2D eigenvalue weighted by atomic mass is 10.1. The summed E-state index contributed by atoms with van der Waals surface area (Å²) in [6.07, 6.45) is -0.989. The number of hydrogen-bond acceptors (Lipinski definition) is 4. The molecule has 1 aliphatic rings. The Morgan fingerprint density at radius 1 is 0.850 bits per heavy atom. The molecule has 3 rings (SSSR count). The molecule has 4 heteroatoms. The van der Waals surface area contributed by atoms with Gasteiger partial charge in [-0.25, -0.2) is 0 Å². The highest BCUT2D eigenvalue weighted by molar-refractivity contribution is 7.99. The van der Waals surface area contributed by atoms with Crippen LogP contribution in [0.5, 0.6) is 11.5 Å². The molecule has 2 aromatic carbocycles. The molecule has 2 unspecified atom stereocenters. The Kier molecular flexibility index (Phi) is 3.46. The first-order valence-electron chi connectivity index (χ1n) is 6.54. The maximum absolute atomic E-state index is 9.65. The van der Waals surface area contributed by atoms with Crippen LogP contribution in [0.1, 0.15) is 37.2 Å². The number of aliphatic hydroxyl groups is 2. The minimum absolute atomic E-state index is 0.494. The van der Waals surface area contributed by atoms with Gasteiger partial charge in [0.1, 0.15) is 11.5 Å². The van der Waals surface area contributed by atoms with E-state index in [1.165, 1.54) is 0 Å². The van der Waals surface area contributed by atoms with Crippen molar-refractivity contribution in [3.8, 4) is 11.5 Å². The van der Waals surface area contributed by atoms with Crippen LogP contribution in [0, 0.1) is 0 Å². The fourth-order valence-electron chi connectivity index (χ4n) is 2.13. The number of benzene rings is 2. The van der Waals surface area contributed by atoms with Gasteiger partial charge < -0.3 is 14.9 Å². The van der Waals surface area contributed by atoms with Gasteiger partial charge in [-0.05, 0) is 49.2 Å². The second-order valence-electron chi connectivity index (χ2n) is 4.97. The van der Waals surface area contributed by atoms with Gasteiger partial charge in [0.05, 0.1) is 22.0 Å². The lowest BCUT2D eigenvalue weighted by Crippen LogP contribution is -1.99. The molecule has 0 saturated heterocycles. The molecule has 0 fully saturated rings. The smallest absolute Gasteiger partial charge is 0.141 e. The van der Waals surface area contributed by atoms with Crippen molar-refractivity contribution in [1.82, 2.24) is 0 Å². The van der Waals surface area contributed by atoms with Crippen LogP contribution in [-0.4, -0.2) is 10.2 Å². The van der Waals surface area contributed by atoms with E-state index in [0.717, 1.165) is 32.4 Å². The fraction of sp³-hybridized carbons (Fsp3) is 0.250. The van der Waals surface area contributed by atoms with Crippen LogP contribution in [0.2, 0.25) is 0 Å². The normalized spacial score (nSPS) is 15.8. The second kappa shape index (κ2) is 5.13. The van der Waals surface area contributed by atoms with Crippen molar-refractivity contribution < 1.29 is 14.9 Å². The van der Waals surface area contributed by atoms with Crippen molar-refractivity contribution in [3.63, 3.8) is 0 Å². The van der Waals surface area contributed by atoms with E-state index in [1.807, 2.05) is 36.4 Å². The molecule has 2 aromatic rings. The summed E-state index contributed by atoms with van der Waals surface area (Å²) in [5.74, 6) is 1.60. The predicted octanol–water partition coefficient (Wildman–Crippen LogP) is 4.05. The van der Waals surface area contributed by atoms with E-state index in [9.17, 15) is 10.2 Å². The van der Waals surface area contributed by atoms with Crippen molar-refractivity contribution in [2.75, 3.05) is 0 Å². The fourth-order valence-corrected chi connectivity index (χ4v) is 3.18. The van der Waals surface area contributed by atoms with Crippen molar-refractivity contribution in [2.45, 2.75) is 35.8 Å². The summed E-state index contributed by atoms with van der Waals surface area (Å²) in [7, 11) is 0. The Bertz CT molecular complexity index is 595. The minimum atomic E-state index is -0.494. The van der Waals surface area contributed by atoms with Crippen LogP contribution in [0.15, 0.2) is 46.2 Å². The Morgan fingerprint density at radius 2 is 1.30 bits per heavy atom. The number of aliphatic hydroxyl groups excluding tert-OH is 2. The van der Waals surface area contributed by atoms with Gasteiger partial charge in [-0.3, -0.25) is 0 Å². The van der Waals surface area contributed by atoms with Crippen LogP contribution in [-0.2, 0) is 0 Å². The third-order valence-corrected chi connectivity index (χ3v) is 4.42. The Labute approximate surface area is 122 Å². The molecule has 0 saturated carbocycles. The number of rotatable bonds is 2. The van der Waals surface area contributed by atoms with E-state index in [2.05, 4.69) is 0 Å². The zero-order valence-corrected chi connectivity index (χ0v) is 12.1. The van der Waals surface area contributed by atoms with E-state index in [4.69, 9.17) is 4.74 Å². The van der Waals surface area contributed by atoms with Crippen LogP contribution in [0.3, 0.4) is 0 Å². The lowest BCUT2D eigenvalue weighted by molar-refractivity contribution is 0.199. The molecule has 0 bridgehead atoms. The number of ether oxygens (including phenoxy) is 1. The summed E-state index contributed by atoms with van der Waals surface area (Å²) in [5.41, 5.74) is 1.74. The zero-order chi connectivity index (χ0) is 14.3. The topological polar surface area (TPSA) is 49.7 Å². The van der Waals surface area contributed by atoms with Crippen molar-refractivity contribution in [3.05, 3.63) is 47.5 Å². The van der Waals surface area contributed by atoms with E-state index >= 15 is 0 Å². The molecular weight excluding hydrogens is 272 g/mol. The van der Waals surface area contributed by atoms with Crippen LogP contribution in [0.4, 0.5) is 0 Å². The molecule has 0 radical (unpaired) electrons. The van der Waals surface area contributed by atoms with Crippen LogP contribution in [0.25, 0.3) is 0 Å². The van der Waals surface area contributed by atoms with Gasteiger partial charge in [0.2, 0.25) is 0 Å². The molecule has 0 spiro atoms. The first-order chi connectivity index (χ1) is 9.54. The molecule has 1 heterocycles. The third-order valence-electron chi connectivity index (χ3n) is 3.34. The Hall–Kier alpha value is -1.49. The van der Waals surface area contributed by atoms with Gasteiger partial charge in [-0.2, -0.15) is 0 Å². The maximum Gasteiger partial charge on any atom is 0.141 e. The summed E-state index contributed by atoms with van der Waals surface area (Å²) in [5, 5.41) is 19.3. The van der Waals surface area contributed by atoms with Crippen molar-refractivity contribution >= 4 is 11.8 Å². The first kappa shape index (κ1) is 13.5. The molecule has 20 heavy (non-hydrogen) atoms. The summed E-state index contributed by atoms with van der Waals surface area (Å²) in [6, 6.07) is 11.4. The summed E-state index contributed by atoms with van der Waals surface area (Å²) >= 11 is 1.60. The average Bonchev–Trinajstić information content (AvgIpc) is 2.43. The van der Waals surface area contributed by atoms with Crippen molar-refractivity contribution in [2.24, 2.45) is 0 Å². The standard InChI is InChI=1S/C16H16O3S/c1-9(17)11-3-5-13-15(7-11)20-16-8-12(10(2)18)4-6-14(16)19-13/h3-10,17-18H,1-2H3. The largest absolute Gasteiger partial charge is 0.455 e. The molecule has 2 N–H and O–H groups in total. The zero-order valence-electron chi connectivity index (χ0n) is 11.3. The summed E-state index contributed by atoms with van der Waals surface area (Å²) in [4.78, 5) is 1.97. The highest BCUT2D eigenvalue weighted by Gasteiger charge is 2.19. The van der Waals surface area contributed by atoms with E-state index in [1.54, 1.807) is 25.6 Å². The van der Waals surface area contributed by atoms with Gasteiger partial charge in [-0.15, -0.1) is 0 Å². The Morgan fingerprint density at radius 3 is 1.70 bits per heavy atom. The highest BCUT2D eigenvalue weighted by atomic mass is 32.2. The quantitative estimate of drug-likeness (QED) is 0.747. The number of fused-ring (bicyclic) bond motifs is 2. The van der Waals surface area contributed by atoms with Crippen molar-refractivity contribution in [1.29, 1.82) is 0 Å². The maximum atomic E-state index is 9.65. The van der Waals surface area contributed by atoms with Gasteiger partial charge in [0.15, 0.2) is 0 Å². The van der Waals surface area contributed by atoms with E-state index < -0.39 is 12.2 Å². The highest BCUT2D eigenvalue weighted by Crippen LogP contribution is 2.48. The Balaban J connectivity index is 1.99. The molecule has 104 valence electrons. The van der Waals surface area contributed by atoms with Gasteiger partial charge >= 0.3 is 0 Å². The third kappa shape index (κ3) is 2.42. The SMILES string of the molecule is CC(O)c1ccc2c(c1)Sc1cc(C(C)O)ccc1O2.